The van der Waals surface area contributed by atoms with Crippen LogP contribution in [0.1, 0.15) is 42.2 Å². The fourth-order valence-corrected chi connectivity index (χ4v) is 3.93. The number of carbonyl (C=O) groups is 1. The van der Waals surface area contributed by atoms with Gasteiger partial charge in [-0.25, -0.2) is 4.98 Å². The molecule has 3 heterocycles. The average Bonchev–Trinajstić information content (AvgIpc) is 3.29. The second-order valence-electron chi connectivity index (χ2n) is 7.65. The van der Waals surface area contributed by atoms with Crippen molar-refractivity contribution >= 4 is 11.5 Å². The van der Waals surface area contributed by atoms with E-state index in [0.29, 0.717) is 23.6 Å². The molecule has 2 aromatic rings. The Balaban J connectivity index is 1.32. The summed E-state index contributed by atoms with van der Waals surface area (Å²) in [5, 5.41) is 0. The largest absolute Gasteiger partial charge is 0.497 e. The topological polar surface area (TPSA) is 70.7 Å². The molecule has 30 heavy (non-hydrogen) atoms. The maximum absolute atomic E-state index is 13.1. The van der Waals surface area contributed by atoms with Gasteiger partial charge in [0.25, 0.3) is 5.91 Å². The molecule has 2 aliphatic heterocycles. The van der Waals surface area contributed by atoms with E-state index in [-0.39, 0.29) is 5.91 Å². The van der Waals surface area contributed by atoms with Crippen molar-refractivity contribution in [3.8, 4) is 11.5 Å². The van der Waals surface area contributed by atoms with E-state index in [0.717, 1.165) is 50.3 Å². The van der Waals surface area contributed by atoms with Crippen molar-refractivity contribution in [3.63, 3.8) is 0 Å². The molecule has 0 saturated carbocycles. The van der Waals surface area contributed by atoms with Crippen LogP contribution in [0.3, 0.4) is 0 Å². The van der Waals surface area contributed by atoms with Crippen molar-refractivity contribution in [1.82, 2.24) is 19.8 Å². The number of hydrogen-bond donors (Lipinski definition) is 1. The number of methoxy groups -OCH3 is 1. The molecule has 1 aromatic carbocycles. The van der Waals surface area contributed by atoms with Crippen LogP contribution in [0.4, 0.5) is 0 Å². The molecule has 0 saturated heterocycles. The summed E-state index contributed by atoms with van der Waals surface area (Å²) in [4.78, 5) is 24.8. The molecule has 4 rings (SSSR count). The smallest absolute Gasteiger partial charge is 0.262 e. The predicted molar refractivity (Wildman–Crippen MR) is 115 cm³/mol. The number of H-pyrrole nitrogens is 1. The van der Waals surface area contributed by atoms with Gasteiger partial charge in [-0.3, -0.25) is 9.69 Å². The molecular formula is C23H28N4O3. The minimum absolute atomic E-state index is 0.0446. The number of fused-ring (bicyclic) bond motifs is 1. The number of ether oxygens (including phenoxy) is 2. The van der Waals surface area contributed by atoms with Gasteiger partial charge in [0, 0.05) is 25.8 Å². The van der Waals surface area contributed by atoms with Crippen LogP contribution in [0.15, 0.2) is 48.8 Å². The monoisotopic (exact) mass is 408 g/mol. The number of allylic oxidation sites excluding steroid dienone is 1. The van der Waals surface area contributed by atoms with E-state index in [1.54, 1.807) is 42.8 Å². The number of amides is 1. The summed E-state index contributed by atoms with van der Waals surface area (Å²) >= 11 is 0. The Morgan fingerprint density at radius 3 is 2.93 bits per heavy atom. The highest BCUT2D eigenvalue weighted by molar-refractivity contribution is 5.98. The van der Waals surface area contributed by atoms with Gasteiger partial charge in [0.15, 0.2) is 0 Å². The normalized spacial score (nSPS) is 17.0. The lowest BCUT2D eigenvalue weighted by Crippen LogP contribution is -2.32. The van der Waals surface area contributed by atoms with E-state index in [9.17, 15) is 4.79 Å². The zero-order valence-corrected chi connectivity index (χ0v) is 17.6. The Morgan fingerprint density at radius 2 is 2.13 bits per heavy atom. The molecule has 1 N–H and O–H groups in total. The molecule has 0 unspecified atom stereocenters. The average molecular weight is 409 g/mol. The minimum Gasteiger partial charge on any atom is -0.497 e. The first-order chi connectivity index (χ1) is 14.7. The number of aromatic nitrogens is 2. The van der Waals surface area contributed by atoms with Crippen molar-refractivity contribution < 1.29 is 14.3 Å². The minimum atomic E-state index is -0.0446. The first-order valence-corrected chi connectivity index (χ1v) is 10.4. The Morgan fingerprint density at radius 1 is 1.27 bits per heavy atom. The third-order valence-corrected chi connectivity index (χ3v) is 5.61. The van der Waals surface area contributed by atoms with E-state index in [1.165, 1.54) is 5.57 Å². The van der Waals surface area contributed by atoms with Crippen LogP contribution in [-0.4, -0.2) is 59.0 Å². The van der Waals surface area contributed by atoms with E-state index in [2.05, 4.69) is 20.9 Å². The molecule has 1 aromatic heterocycles. The van der Waals surface area contributed by atoms with E-state index < -0.39 is 0 Å². The molecule has 0 bridgehead atoms. The Hall–Kier alpha value is -3.06. The zero-order valence-electron chi connectivity index (χ0n) is 17.6. The van der Waals surface area contributed by atoms with Crippen LogP contribution in [-0.2, 0) is 0 Å². The maximum atomic E-state index is 13.1. The standard InChI is InChI=1S/C23H28N4O3/c1-17-15-30-22-8-7-19(29-2)12-20(22)23(28)27(17)11-4-3-9-26-10-5-6-18(14-26)21-13-24-16-25-21/h6-8,12-13,15-16H,3-5,9-11,14H2,1-2H3,(H,24,25). The van der Waals surface area contributed by atoms with Crippen LogP contribution in [0.5, 0.6) is 11.5 Å². The summed E-state index contributed by atoms with van der Waals surface area (Å²) in [6.45, 7) is 5.57. The lowest BCUT2D eigenvalue weighted by molar-refractivity contribution is 0.0804. The van der Waals surface area contributed by atoms with Crippen molar-refractivity contribution in [2.45, 2.75) is 26.2 Å². The third-order valence-electron chi connectivity index (χ3n) is 5.61. The fraction of sp³-hybridized carbons (Fsp3) is 0.391. The number of rotatable bonds is 7. The van der Waals surface area contributed by atoms with Crippen LogP contribution in [0.25, 0.3) is 5.57 Å². The van der Waals surface area contributed by atoms with Crippen molar-refractivity contribution in [1.29, 1.82) is 0 Å². The zero-order chi connectivity index (χ0) is 20.9. The summed E-state index contributed by atoms with van der Waals surface area (Å²) in [7, 11) is 1.60. The van der Waals surface area contributed by atoms with Gasteiger partial charge in [-0.1, -0.05) is 6.08 Å². The van der Waals surface area contributed by atoms with Gasteiger partial charge in [0.2, 0.25) is 0 Å². The molecule has 0 radical (unpaired) electrons. The molecule has 7 heteroatoms. The molecule has 1 amide bonds. The summed E-state index contributed by atoms with van der Waals surface area (Å²) < 4.78 is 11.0. The molecule has 0 fully saturated rings. The van der Waals surface area contributed by atoms with Crippen LogP contribution in [0.2, 0.25) is 0 Å². The number of unbranched alkanes of at least 4 members (excludes halogenated alkanes) is 1. The SMILES string of the molecule is COc1ccc2c(c1)C(=O)N(CCCCN1CCC=C(c3c[nH]cn3)C1)C(C)=CO2. The van der Waals surface area contributed by atoms with Crippen molar-refractivity contribution in [2.75, 3.05) is 33.3 Å². The fourth-order valence-electron chi connectivity index (χ4n) is 3.93. The van der Waals surface area contributed by atoms with Gasteiger partial charge in [0.1, 0.15) is 17.8 Å². The summed E-state index contributed by atoms with van der Waals surface area (Å²) in [6, 6.07) is 5.32. The van der Waals surface area contributed by atoms with E-state index in [1.807, 2.05) is 13.1 Å². The van der Waals surface area contributed by atoms with Gasteiger partial charge in [-0.05, 0) is 56.5 Å². The molecule has 0 atom stereocenters. The van der Waals surface area contributed by atoms with Gasteiger partial charge < -0.3 is 19.4 Å². The second-order valence-corrected chi connectivity index (χ2v) is 7.65. The number of aromatic amines is 1. The Labute approximate surface area is 177 Å². The third kappa shape index (κ3) is 4.41. The summed E-state index contributed by atoms with van der Waals surface area (Å²) in [5.41, 5.74) is 3.67. The molecule has 0 spiro atoms. The van der Waals surface area contributed by atoms with E-state index in [4.69, 9.17) is 9.47 Å². The maximum Gasteiger partial charge on any atom is 0.262 e. The lowest BCUT2D eigenvalue weighted by atomic mass is 10.1. The molecular weight excluding hydrogens is 380 g/mol. The highest BCUT2D eigenvalue weighted by atomic mass is 16.5. The van der Waals surface area contributed by atoms with E-state index >= 15 is 0 Å². The molecule has 158 valence electrons. The number of hydrogen-bond acceptors (Lipinski definition) is 5. The Bertz CT molecular complexity index is 949. The summed E-state index contributed by atoms with van der Waals surface area (Å²) in [5.74, 6) is 1.17. The summed E-state index contributed by atoms with van der Waals surface area (Å²) in [6.07, 6.45) is 10.6. The first kappa shape index (κ1) is 20.2. The Kier molecular flexibility index (Phi) is 6.18. The van der Waals surface area contributed by atoms with Crippen molar-refractivity contribution in [3.05, 3.63) is 60.0 Å². The van der Waals surface area contributed by atoms with Crippen molar-refractivity contribution in [2.24, 2.45) is 0 Å². The number of imidazole rings is 1. The van der Waals surface area contributed by atoms with Crippen LogP contribution in [0, 0.1) is 0 Å². The highest BCUT2D eigenvalue weighted by Gasteiger charge is 2.25. The second kappa shape index (κ2) is 9.17. The van der Waals surface area contributed by atoms with Gasteiger partial charge in [-0.15, -0.1) is 0 Å². The molecule has 7 nitrogen and oxygen atoms in total. The number of benzene rings is 1. The van der Waals surface area contributed by atoms with Gasteiger partial charge in [0.05, 0.1) is 30.4 Å². The number of carbonyl (C=O) groups excluding carboxylic acids is 1. The number of nitrogens with one attached hydrogen (secondary N) is 1. The van der Waals surface area contributed by atoms with Gasteiger partial charge >= 0.3 is 0 Å². The quantitative estimate of drug-likeness (QED) is 0.708. The highest BCUT2D eigenvalue weighted by Crippen LogP contribution is 2.29. The first-order valence-electron chi connectivity index (χ1n) is 10.4. The van der Waals surface area contributed by atoms with Gasteiger partial charge in [-0.2, -0.15) is 0 Å². The predicted octanol–water partition coefficient (Wildman–Crippen LogP) is 3.68. The number of nitrogens with zero attached hydrogens (tertiary/aromatic N) is 3. The molecule has 0 aliphatic carbocycles. The van der Waals surface area contributed by atoms with Crippen LogP contribution < -0.4 is 9.47 Å². The van der Waals surface area contributed by atoms with Crippen LogP contribution >= 0.6 is 0 Å². The molecule has 2 aliphatic rings. The lowest BCUT2D eigenvalue weighted by Gasteiger charge is -2.27.